The van der Waals surface area contributed by atoms with E-state index in [1.54, 1.807) is 15.8 Å². The molecule has 7 nitrogen and oxygen atoms in total. The van der Waals surface area contributed by atoms with Crippen molar-refractivity contribution in [1.29, 1.82) is 10.5 Å². The fourth-order valence-electron chi connectivity index (χ4n) is 3.20. The molecule has 0 radical (unpaired) electrons. The van der Waals surface area contributed by atoms with Crippen LogP contribution in [-0.4, -0.2) is 58.2 Å². The standard InChI is InChI=1S/C19H19FN6O/c20-18-12-15(13-22)2-3-17(18)19(27)25-10-8-24(9-11-25)14-16(4-5-21)26-7-1-6-23-26/h1-3,6-7,12,16H,4,8-11,14H2. The molecule has 1 atom stereocenters. The van der Waals surface area contributed by atoms with Crippen LogP contribution in [0.25, 0.3) is 0 Å². The first-order valence-corrected chi connectivity index (χ1v) is 8.69. The minimum Gasteiger partial charge on any atom is -0.336 e. The molecule has 0 spiro atoms. The second-order valence-electron chi connectivity index (χ2n) is 6.40. The summed E-state index contributed by atoms with van der Waals surface area (Å²) in [6.07, 6.45) is 3.89. The van der Waals surface area contributed by atoms with Gasteiger partial charge in [-0.2, -0.15) is 15.6 Å². The van der Waals surface area contributed by atoms with Crippen LogP contribution in [0.2, 0.25) is 0 Å². The topological polar surface area (TPSA) is 89.0 Å². The fourth-order valence-corrected chi connectivity index (χ4v) is 3.20. The van der Waals surface area contributed by atoms with Crippen molar-refractivity contribution in [2.75, 3.05) is 32.7 Å². The molecule has 1 saturated heterocycles. The third kappa shape index (κ3) is 4.30. The fraction of sp³-hybridized carbons (Fsp3) is 0.368. The Labute approximate surface area is 156 Å². The van der Waals surface area contributed by atoms with Crippen molar-refractivity contribution in [3.8, 4) is 12.1 Å². The summed E-state index contributed by atoms with van der Waals surface area (Å²) >= 11 is 0. The minimum absolute atomic E-state index is 0.0126. The van der Waals surface area contributed by atoms with E-state index < -0.39 is 5.82 Å². The Kier molecular flexibility index (Phi) is 5.80. The molecule has 1 aliphatic heterocycles. The molecule has 1 aromatic heterocycles. The number of hydrogen-bond acceptors (Lipinski definition) is 5. The zero-order valence-corrected chi connectivity index (χ0v) is 14.8. The lowest BCUT2D eigenvalue weighted by atomic mass is 10.1. The minimum atomic E-state index is -0.672. The van der Waals surface area contributed by atoms with Crippen molar-refractivity contribution in [2.24, 2.45) is 0 Å². The van der Waals surface area contributed by atoms with Crippen molar-refractivity contribution in [1.82, 2.24) is 19.6 Å². The highest BCUT2D eigenvalue weighted by atomic mass is 19.1. The van der Waals surface area contributed by atoms with Crippen molar-refractivity contribution < 1.29 is 9.18 Å². The molecule has 2 aromatic rings. The number of benzene rings is 1. The van der Waals surface area contributed by atoms with Gasteiger partial charge in [0.2, 0.25) is 0 Å². The van der Waals surface area contributed by atoms with Gasteiger partial charge in [0.05, 0.1) is 35.7 Å². The quantitative estimate of drug-likeness (QED) is 0.805. The molecule has 0 N–H and O–H groups in total. The number of rotatable bonds is 5. The molecule has 1 fully saturated rings. The lowest BCUT2D eigenvalue weighted by Gasteiger charge is -2.36. The number of nitriles is 2. The average molecular weight is 366 g/mol. The zero-order valence-electron chi connectivity index (χ0n) is 14.8. The molecular weight excluding hydrogens is 347 g/mol. The number of aromatic nitrogens is 2. The maximum Gasteiger partial charge on any atom is 0.256 e. The zero-order chi connectivity index (χ0) is 19.2. The highest BCUT2D eigenvalue weighted by molar-refractivity contribution is 5.94. The molecule has 2 heterocycles. The summed E-state index contributed by atoms with van der Waals surface area (Å²) in [6, 6.07) is 9.73. The van der Waals surface area contributed by atoms with Crippen LogP contribution in [0.15, 0.2) is 36.7 Å². The number of amides is 1. The smallest absolute Gasteiger partial charge is 0.256 e. The Morgan fingerprint density at radius 2 is 2.04 bits per heavy atom. The van der Waals surface area contributed by atoms with Gasteiger partial charge in [-0.15, -0.1) is 0 Å². The van der Waals surface area contributed by atoms with Crippen molar-refractivity contribution in [3.05, 3.63) is 53.6 Å². The monoisotopic (exact) mass is 366 g/mol. The summed E-state index contributed by atoms with van der Waals surface area (Å²) in [5, 5.41) is 22.1. The van der Waals surface area contributed by atoms with Crippen LogP contribution in [-0.2, 0) is 0 Å². The van der Waals surface area contributed by atoms with E-state index >= 15 is 0 Å². The molecule has 27 heavy (non-hydrogen) atoms. The van der Waals surface area contributed by atoms with E-state index in [-0.39, 0.29) is 23.1 Å². The van der Waals surface area contributed by atoms with Gasteiger partial charge in [-0.1, -0.05) is 0 Å². The molecule has 138 valence electrons. The number of piperazine rings is 1. The third-order valence-electron chi connectivity index (χ3n) is 4.68. The van der Waals surface area contributed by atoms with Gasteiger partial charge in [-0.3, -0.25) is 14.4 Å². The van der Waals surface area contributed by atoms with Crippen LogP contribution in [0, 0.1) is 28.5 Å². The van der Waals surface area contributed by atoms with Gasteiger partial charge in [0.15, 0.2) is 0 Å². The Morgan fingerprint density at radius 3 is 2.63 bits per heavy atom. The van der Waals surface area contributed by atoms with E-state index in [0.717, 1.165) is 6.07 Å². The van der Waals surface area contributed by atoms with Crippen LogP contribution in [0.4, 0.5) is 4.39 Å². The highest BCUT2D eigenvalue weighted by Crippen LogP contribution is 2.17. The molecule has 8 heteroatoms. The summed E-state index contributed by atoms with van der Waals surface area (Å²) in [6.45, 7) is 2.93. The van der Waals surface area contributed by atoms with Gasteiger partial charge in [-0.25, -0.2) is 4.39 Å². The van der Waals surface area contributed by atoms with Crippen LogP contribution in [0.3, 0.4) is 0 Å². The second-order valence-corrected chi connectivity index (χ2v) is 6.40. The predicted molar refractivity (Wildman–Crippen MR) is 95.0 cm³/mol. The summed E-state index contributed by atoms with van der Waals surface area (Å²) in [4.78, 5) is 16.4. The first kappa shape index (κ1) is 18.6. The van der Waals surface area contributed by atoms with Gasteiger partial charge in [0.25, 0.3) is 5.91 Å². The molecule has 1 aromatic carbocycles. The SMILES string of the molecule is N#CCC(CN1CCN(C(=O)c2ccc(C#N)cc2F)CC1)n1cccn1. The maximum atomic E-state index is 14.1. The average Bonchev–Trinajstić information content (AvgIpc) is 3.22. The summed E-state index contributed by atoms with van der Waals surface area (Å²) in [7, 11) is 0. The van der Waals surface area contributed by atoms with Crippen molar-refractivity contribution in [2.45, 2.75) is 12.5 Å². The first-order valence-electron chi connectivity index (χ1n) is 8.69. The van der Waals surface area contributed by atoms with E-state index in [4.69, 9.17) is 10.5 Å². The van der Waals surface area contributed by atoms with Crippen LogP contribution >= 0.6 is 0 Å². The van der Waals surface area contributed by atoms with Crippen LogP contribution in [0.5, 0.6) is 0 Å². The normalized spacial score (nSPS) is 15.7. The Morgan fingerprint density at radius 1 is 1.26 bits per heavy atom. The largest absolute Gasteiger partial charge is 0.336 e. The number of nitrogens with zero attached hydrogens (tertiary/aromatic N) is 6. The lowest BCUT2D eigenvalue weighted by Crippen LogP contribution is -2.50. The van der Waals surface area contributed by atoms with Crippen molar-refractivity contribution in [3.63, 3.8) is 0 Å². The first-order chi connectivity index (χ1) is 13.1. The number of hydrogen-bond donors (Lipinski definition) is 0. The summed E-state index contributed by atoms with van der Waals surface area (Å²) in [5.41, 5.74) is 0.178. The molecule has 0 saturated carbocycles. The van der Waals surface area contributed by atoms with E-state index in [0.29, 0.717) is 39.1 Å². The molecule has 1 amide bonds. The molecule has 3 rings (SSSR count). The Balaban J connectivity index is 1.59. The van der Waals surface area contributed by atoms with Crippen LogP contribution in [0.1, 0.15) is 28.4 Å². The summed E-state index contributed by atoms with van der Waals surface area (Å²) in [5.74, 6) is -1.04. The highest BCUT2D eigenvalue weighted by Gasteiger charge is 2.26. The van der Waals surface area contributed by atoms with Gasteiger partial charge < -0.3 is 4.90 Å². The number of carbonyl (C=O) groups is 1. The van der Waals surface area contributed by atoms with E-state index in [2.05, 4.69) is 16.1 Å². The second kappa shape index (κ2) is 8.43. The maximum absolute atomic E-state index is 14.1. The number of carbonyl (C=O) groups excluding carboxylic acids is 1. The van der Waals surface area contributed by atoms with Gasteiger partial charge in [0, 0.05) is 45.1 Å². The Hall–Kier alpha value is -3.23. The van der Waals surface area contributed by atoms with Gasteiger partial charge in [-0.05, 0) is 24.3 Å². The van der Waals surface area contributed by atoms with E-state index in [1.807, 2.05) is 18.3 Å². The molecule has 0 aliphatic carbocycles. The van der Waals surface area contributed by atoms with Gasteiger partial charge >= 0.3 is 0 Å². The molecule has 0 bridgehead atoms. The molecule has 1 aliphatic rings. The third-order valence-corrected chi connectivity index (χ3v) is 4.68. The predicted octanol–water partition coefficient (Wildman–Crippen LogP) is 1.81. The van der Waals surface area contributed by atoms with Gasteiger partial charge in [0.1, 0.15) is 5.82 Å². The van der Waals surface area contributed by atoms with Crippen LogP contribution < -0.4 is 0 Å². The molecular formula is C19H19FN6O. The Bertz CT molecular complexity index is 875. The number of halogens is 1. The van der Waals surface area contributed by atoms with E-state index in [9.17, 15) is 9.18 Å². The lowest BCUT2D eigenvalue weighted by molar-refractivity contribution is 0.0613. The van der Waals surface area contributed by atoms with E-state index in [1.165, 1.54) is 12.1 Å². The van der Waals surface area contributed by atoms with Crippen molar-refractivity contribution >= 4 is 5.91 Å². The molecule has 1 unspecified atom stereocenters. The summed E-state index contributed by atoms with van der Waals surface area (Å²) < 4.78 is 15.9.